The predicted molar refractivity (Wildman–Crippen MR) is 88.8 cm³/mol. The molecular weight excluding hydrogens is 310 g/mol. The maximum Gasteiger partial charge on any atom is 0.326 e. The molecule has 0 saturated heterocycles. The fourth-order valence-electron chi connectivity index (χ4n) is 2.93. The standard InChI is InChI=1S/C17H25N3O4/c1-3-11(2)16(17(23)24)18-14(21)10-20-15(22)9-12-7-5-4-6-8-13(12)19-20/h9,11,16H,3-8,10H2,1-2H3,(H,18,21)(H,23,24)/t11-,16-/m1/s1. The average Bonchev–Trinajstić information content (AvgIpc) is 2.77. The van der Waals surface area contributed by atoms with Gasteiger partial charge in [0, 0.05) is 6.07 Å². The number of amides is 1. The number of carboxylic acids is 1. The highest BCUT2D eigenvalue weighted by Gasteiger charge is 2.25. The smallest absolute Gasteiger partial charge is 0.326 e. The van der Waals surface area contributed by atoms with E-state index < -0.39 is 17.9 Å². The topological polar surface area (TPSA) is 101 Å². The summed E-state index contributed by atoms with van der Waals surface area (Å²) in [6, 6.07) is 0.601. The van der Waals surface area contributed by atoms with Crippen LogP contribution in [0.1, 0.15) is 50.8 Å². The predicted octanol–water partition coefficient (Wildman–Crippen LogP) is 1.13. The Hall–Kier alpha value is -2.18. The summed E-state index contributed by atoms with van der Waals surface area (Å²) < 4.78 is 1.13. The van der Waals surface area contributed by atoms with Crippen LogP contribution in [0.4, 0.5) is 0 Å². The molecule has 0 aromatic carbocycles. The minimum absolute atomic E-state index is 0.192. The Morgan fingerprint density at radius 3 is 2.71 bits per heavy atom. The first-order valence-corrected chi connectivity index (χ1v) is 8.54. The molecule has 1 amide bonds. The summed E-state index contributed by atoms with van der Waals surface area (Å²) in [5.41, 5.74) is 1.52. The van der Waals surface area contributed by atoms with Gasteiger partial charge in [-0.1, -0.05) is 26.7 Å². The zero-order valence-electron chi connectivity index (χ0n) is 14.2. The summed E-state index contributed by atoms with van der Waals surface area (Å²) in [5.74, 6) is -1.77. The number of hydrogen-bond donors (Lipinski definition) is 2. The van der Waals surface area contributed by atoms with Crippen molar-refractivity contribution in [1.82, 2.24) is 15.1 Å². The van der Waals surface area contributed by atoms with Gasteiger partial charge in [-0.3, -0.25) is 9.59 Å². The van der Waals surface area contributed by atoms with Crippen molar-refractivity contribution in [2.45, 2.75) is 65.0 Å². The number of nitrogens with one attached hydrogen (secondary N) is 1. The third-order valence-electron chi connectivity index (χ3n) is 4.61. The van der Waals surface area contributed by atoms with Crippen molar-refractivity contribution < 1.29 is 14.7 Å². The van der Waals surface area contributed by atoms with Crippen LogP contribution in [0.2, 0.25) is 0 Å². The van der Waals surface area contributed by atoms with Gasteiger partial charge in [0.25, 0.3) is 5.56 Å². The third-order valence-corrected chi connectivity index (χ3v) is 4.61. The third kappa shape index (κ3) is 4.43. The molecule has 7 nitrogen and oxygen atoms in total. The van der Waals surface area contributed by atoms with Gasteiger partial charge in [0.05, 0.1) is 5.69 Å². The van der Waals surface area contributed by atoms with Crippen LogP contribution in [0.5, 0.6) is 0 Å². The highest BCUT2D eigenvalue weighted by Crippen LogP contribution is 2.16. The molecule has 0 radical (unpaired) electrons. The molecule has 0 unspecified atom stereocenters. The van der Waals surface area contributed by atoms with Crippen LogP contribution < -0.4 is 10.9 Å². The number of hydrogen-bond acceptors (Lipinski definition) is 4. The van der Waals surface area contributed by atoms with Gasteiger partial charge in [-0.05, 0) is 37.2 Å². The number of aromatic nitrogens is 2. The zero-order chi connectivity index (χ0) is 17.7. The lowest BCUT2D eigenvalue weighted by atomic mass is 9.99. The van der Waals surface area contributed by atoms with E-state index in [4.69, 9.17) is 0 Å². The number of aliphatic carboxylic acids is 1. The minimum Gasteiger partial charge on any atom is -0.480 e. The van der Waals surface area contributed by atoms with Crippen LogP contribution in [0, 0.1) is 5.92 Å². The van der Waals surface area contributed by atoms with Gasteiger partial charge in [0.15, 0.2) is 0 Å². The summed E-state index contributed by atoms with van der Waals surface area (Å²) in [4.78, 5) is 35.6. The van der Waals surface area contributed by atoms with E-state index in [2.05, 4.69) is 10.4 Å². The minimum atomic E-state index is -1.07. The first kappa shape index (κ1) is 18.2. The van der Waals surface area contributed by atoms with Crippen LogP contribution in [0.25, 0.3) is 0 Å². The molecule has 7 heteroatoms. The summed E-state index contributed by atoms with van der Waals surface area (Å²) >= 11 is 0. The van der Waals surface area contributed by atoms with Crippen molar-refractivity contribution in [2.75, 3.05) is 0 Å². The summed E-state index contributed by atoms with van der Waals surface area (Å²) in [5, 5.41) is 16.1. The molecule has 0 fully saturated rings. The highest BCUT2D eigenvalue weighted by molar-refractivity contribution is 5.83. The molecule has 0 saturated carbocycles. The van der Waals surface area contributed by atoms with Crippen LogP contribution >= 0.6 is 0 Å². The van der Waals surface area contributed by atoms with Gasteiger partial charge in [-0.25, -0.2) is 9.48 Å². The lowest BCUT2D eigenvalue weighted by Crippen LogP contribution is -2.47. The second kappa shape index (κ2) is 8.08. The van der Waals surface area contributed by atoms with E-state index in [0.717, 1.165) is 48.0 Å². The van der Waals surface area contributed by atoms with Crippen molar-refractivity contribution >= 4 is 11.9 Å². The molecule has 24 heavy (non-hydrogen) atoms. The maximum absolute atomic E-state index is 12.2. The fourth-order valence-corrected chi connectivity index (χ4v) is 2.93. The van der Waals surface area contributed by atoms with E-state index in [-0.39, 0.29) is 18.0 Å². The summed E-state index contributed by atoms with van der Waals surface area (Å²) in [7, 11) is 0. The number of nitrogens with zero attached hydrogens (tertiary/aromatic N) is 2. The van der Waals surface area contributed by atoms with Gasteiger partial charge in [-0.15, -0.1) is 0 Å². The molecule has 1 aliphatic rings. The van der Waals surface area contributed by atoms with Gasteiger partial charge in [-0.2, -0.15) is 5.10 Å². The number of carboxylic acid groups (broad SMARTS) is 1. The molecule has 132 valence electrons. The normalized spacial score (nSPS) is 16.6. The average molecular weight is 335 g/mol. The molecule has 0 aliphatic heterocycles. The van der Waals surface area contributed by atoms with Crippen LogP contribution in [-0.2, 0) is 29.0 Å². The SMILES string of the molecule is CC[C@@H](C)[C@@H](NC(=O)Cn1nc2c(cc1=O)CCCCC2)C(=O)O. The van der Waals surface area contributed by atoms with E-state index in [1.165, 1.54) is 0 Å². The molecule has 0 bridgehead atoms. The largest absolute Gasteiger partial charge is 0.480 e. The Kier molecular flexibility index (Phi) is 6.11. The second-order valence-corrected chi connectivity index (χ2v) is 6.44. The zero-order valence-corrected chi connectivity index (χ0v) is 14.2. The maximum atomic E-state index is 12.2. The lowest BCUT2D eigenvalue weighted by Gasteiger charge is -2.20. The molecule has 2 atom stereocenters. The van der Waals surface area contributed by atoms with Crippen molar-refractivity contribution in [3.8, 4) is 0 Å². The molecular formula is C17H25N3O4. The number of carbonyl (C=O) groups is 2. The summed E-state index contributed by atoms with van der Waals surface area (Å²) in [6.45, 7) is 3.38. The Morgan fingerprint density at radius 2 is 2.04 bits per heavy atom. The number of carbonyl (C=O) groups excluding carboxylic acids is 1. The van der Waals surface area contributed by atoms with Gasteiger partial charge < -0.3 is 10.4 Å². The van der Waals surface area contributed by atoms with Crippen molar-refractivity contribution in [2.24, 2.45) is 5.92 Å². The van der Waals surface area contributed by atoms with Crippen LogP contribution in [0.3, 0.4) is 0 Å². The van der Waals surface area contributed by atoms with Crippen molar-refractivity contribution in [3.63, 3.8) is 0 Å². The van der Waals surface area contributed by atoms with Gasteiger partial charge in [0.1, 0.15) is 12.6 Å². The van der Waals surface area contributed by atoms with Gasteiger partial charge in [0.2, 0.25) is 5.91 Å². The van der Waals surface area contributed by atoms with Crippen molar-refractivity contribution in [3.05, 3.63) is 27.7 Å². The highest BCUT2D eigenvalue weighted by atomic mass is 16.4. The van der Waals surface area contributed by atoms with E-state index in [0.29, 0.717) is 6.42 Å². The Labute approximate surface area is 141 Å². The Bertz CT molecular complexity index is 668. The van der Waals surface area contributed by atoms with Gasteiger partial charge >= 0.3 is 5.97 Å². The molecule has 1 heterocycles. The Balaban J connectivity index is 2.12. The van der Waals surface area contributed by atoms with E-state index >= 15 is 0 Å². The molecule has 2 N–H and O–H groups in total. The van der Waals surface area contributed by atoms with E-state index in [9.17, 15) is 19.5 Å². The second-order valence-electron chi connectivity index (χ2n) is 6.44. The Morgan fingerprint density at radius 1 is 1.33 bits per heavy atom. The molecule has 1 aliphatic carbocycles. The van der Waals surface area contributed by atoms with Crippen LogP contribution in [0.15, 0.2) is 10.9 Å². The number of fused-ring (bicyclic) bond motifs is 1. The molecule has 2 rings (SSSR count). The summed E-state index contributed by atoms with van der Waals surface area (Å²) in [6.07, 6.45) is 5.48. The lowest BCUT2D eigenvalue weighted by molar-refractivity contribution is -0.143. The molecule has 0 spiro atoms. The van der Waals surface area contributed by atoms with E-state index in [1.54, 1.807) is 13.0 Å². The fraction of sp³-hybridized carbons (Fsp3) is 0.647. The molecule has 1 aromatic heterocycles. The van der Waals surface area contributed by atoms with E-state index in [1.807, 2.05) is 6.92 Å². The first-order chi connectivity index (χ1) is 11.4. The first-order valence-electron chi connectivity index (χ1n) is 8.54. The van der Waals surface area contributed by atoms with Crippen LogP contribution in [-0.4, -0.2) is 32.8 Å². The molecule has 1 aromatic rings. The monoisotopic (exact) mass is 335 g/mol. The number of rotatable bonds is 6. The van der Waals surface area contributed by atoms with Crippen molar-refractivity contribution in [1.29, 1.82) is 0 Å². The quantitative estimate of drug-likeness (QED) is 0.759. The number of aryl methyl sites for hydroxylation is 2.